The molecule has 1 aromatic heterocycles. The fraction of sp³-hybridized carbons (Fsp3) is 0.556. The lowest BCUT2D eigenvalue weighted by Gasteiger charge is -2.36. The molecule has 1 aliphatic carbocycles. The number of rotatable bonds is 8. The maximum atomic E-state index is 13.3. The fourth-order valence-corrected chi connectivity index (χ4v) is 6.53. The number of quaternary nitrogens is 1. The smallest absolute Gasteiger partial charge is 0.341 e. The topological polar surface area (TPSA) is 72.3 Å². The van der Waals surface area contributed by atoms with Gasteiger partial charge >= 0.3 is 5.97 Å². The Morgan fingerprint density at radius 2 is 1.94 bits per heavy atom. The quantitative estimate of drug-likeness (QED) is 0.545. The van der Waals surface area contributed by atoms with Gasteiger partial charge in [0.2, 0.25) is 0 Å². The van der Waals surface area contributed by atoms with E-state index in [1.807, 2.05) is 39.0 Å². The number of benzene rings is 1. The Balaban J connectivity index is 1.43. The number of esters is 1. The Bertz CT molecular complexity index is 1050. The average molecular weight is 501 g/mol. The van der Waals surface area contributed by atoms with Gasteiger partial charge in [-0.2, -0.15) is 0 Å². The van der Waals surface area contributed by atoms with E-state index in [1.165, 1.54) is 9.78 Å². The number of hydrogen-bond acceptors (Lipinski definition) is 6. The van der Waals surface area contributed by atoms with Crippen molar-refractivity contribution >= 4 is 33.9 Å². The van der Waals surface area contributed by atoms with Crippen LogP contribution in [0, 0.1) is 5.92 Å². The highest BCUT2D eigenvalue weighted by Gasteiger charge is 2.33. The summed E-state index contributed by atoms with van der Waals surface area (Å²) in [6, 6.07) is 7.93. The standard InChI is InChI=1S/C27H37N3O4S/c1-5-33-22-10-8-7-9-21(22)30-15-13-29(14-16-30)19(4)25(31)28-26-24(27(32)34-6-2)20-12-11-18(3)17-23(20)35-26/h7-10,18-19H,5-6,11-17H2,1-4H3,(H,28,31)/p+1/t18-,19+/m0/s1. The van der Waals surface area contributed by atoms with Crippen molar-refractivity contribution in [2.75, 3.05) is 49.6 Å². The molecule has 0 radical (unpaired) electrons. The molecule has 0 unspecified atom stereocenters. The summed E-state index contributed by atoms with van der Waals surface area (Å²) in [6.45, 7) is 12.4. The molecular formula is C27H38N3O4S+. The molecule has 1 saturated heterocycles. The molecule has 1 aliphatic heterocycles. The third-order valence-corrected chi connectivity index (χ3v) is 8.31. The number of nitrogens with zero attached hydrogens (tertiary/aromatic N) is 1. The van der Waals surface area contributed by atoms with Crippen LogP contribution in [-0.4, -0.2) is 57.3 Å². The van der Waals surface area contributed by atoms with Crippen molar-refractivity contribution in [3.8, 4) is 5.75 Å². The van der Waals surface area contributed by atoms with Crippen molar-refractivity contribution in [1.29, 1.82) is 0 Å². The first-order valence-electron chi connectivity index (χ1n) is 12.9. The molecule has 7 nitrogen and oxygen atoms in total. The summed E-state index contributed by atoms with van der Waals surface area (Å²) in [5.74, 6) is 1.13. The minimum atomic E-state index is -0.323. The fourth-order valence-electron chi connectivity index (χ4n) is 5.13. The van der Waals surface area contributed by atoms with Crippen LogP contribution in [0.5, 0.6) is 5.75 Å². The summed E-state index contributed by atoms with van der Waals surface area (Å²) >= 11 is 1.55. The van der Waals surface area contributed by atoms with E-state index in [2.05, 4.69) is 23.2 Å². The van der Waals surface area contributed by atoms with Gasteiger partial charge in [-0.05, 0) is 63.6 Å². The number of carbonyl (C=O) groups is 2. The van der Waals surface area contributed by atoms with Crippen molar-refractivity contribution in [3.05, 3.63) is 40.3 Å². The van der Waals surface area contributed by atoms with Gasteiger partial charge in [-0.1, -0.05) is 19.1 Å². The SMILES string of the molecule is CCOC(=O)c1c(NC(=O)[C@@H](C)[NH+]2CCN(c3ccccc3OCC)CC2)sc2c1CC[C@H](C)C2. The van der Waals surface area contributed by atoms with Gasteiger partial charge in [0.05, 0.1) is 50.6 Å². The predicted molar refractivity (Wildman–Crippen MR) is 140 cm³/mol. The number of thiophene rings is 1. The number of carbonyl (C=O) groups excluding carboxylic acids is 2. The van der Waals surface area contributed by atoms with Crippen LogP contribution < -0.4 is 19.9 Å². The zero-order valence-corrected chi connectivity index (χ0v) is 22.1. The second kappa shape index (κ2) is 11.4. The third kappa shape index (κ3) is 5.64. The molecule has 35 heavy (non-hydrogen) atoms. The van der Waals surface area contributed by atoms with E-state index in [0.717, 1.165) is 62.4 Å². The minimum absolute atomic E-state index is 0.0413. The van der Waals surface area contributed by atoms with Gasteiger partial charge in [0.25, 0.3) is 5.91 Å². The van der Waals surface area contributed by atoms with Crippen molar-refractivity contribution < 1.29 is 24.0 Å². The maximum Gasteiger partial charge on any atom is 0.341 e. The highest BCUT2D eigenvalue weighted by Crippen LogP contribution is 2.40. The van der Waals surface area contributed by atoms with Crippen LogP contribution in [-0.2, 0) is 22.4 Å². The van der Waals surface area contributed by atoms with Gasteiger partial charge in [-0.15, -0.1) is 11.3 Å². The summed E-state index contributed by atoms with van der Waals surface area (Å²) < 4.78 is 11.2. The molecular weight excluding hydrogens is 462 g/mol. The van der Waals surface area contributed by atoms with E-state index >= 15 is 0 Å². The Hall–Kier alpha value is -2.58. The number of anilines is 2. The Labute approximate surface area is 212 Å². The maximum absolute atomic E-state index is 13.3. The predicted octanol–water partition coefficient (Wildman–Crippen LogP) is 3.18. The monoisotopic (exact) mass is 500 g/mol. The first-order chi connectivity index (χ1) is 16.9. The lowest BCUT2D eigenvalue weighted by atomic mass is 9.88. The Kier molecular flexibility index (Phi) is 8.34. The number of ether oxygens (including phenoxy) is 2. The number of para-hydroxylation sites is 2. The Morgan fingerprint density at radius 3 is 2.66 bits per heavy atom. The third-order valence-electron chi connectivity index (χ3n) is 7.15. The molecule has 2 aliphatic rings. The number of fused-ring (bicyclic) bond motifs is 1. The molecule has 2 N–H and O–H groups in total. The van der Waals surface area contributed by atoms with Gasteiger partial charge in [0.1, 0.15) is 10.8 Å². The highest BCUT2D eigenvalue weighted by molar-refractivity contribution is 7.17. The minimum Gasteiger partial charge on any atom is -0.492 e. The summed E-state index contributed by atoms with van der Waals surface area (Å²) in [5.41, 5.74) is 2.76. The van der Waals surface area contributed by atoms with Crippen molar-refractivity contribution in [2.24, 2.45) is 5.92 Å². The van der Waals surface area contributed by atoms with E-state index < -0.39 is 0 Å². The van der Waals surface area contributed by atoms with Crippen LogP contribution in [0.3, 0.4) is 0 Å². The molecule has 0 spiro atoms. The number of piperazine rings is 1. The van der Waals surface area contributed by atoms with Crippen LogP contribution in [0.2, 0.25) is 0 Å². The second-order valence-corrected chi connectivity index (χ2v) is 10.6. The van der Waals surface area contributed by atoms with Crippen molar-refractivity contribution in [1.82, 2.24) is 0 Å². The van der Waals surface area contributed by atoms with Gasteiger partial charge in [0.15, 0.2) is 6.04 Å². The van der Waals surface area contributed by atoms with E-state index in [-0.39, 0.29) is 17.9 Å². The summed E-state index contributed by atoms with van der Waals surface area (Å²) in [5, 5.41) is 3.77. The molecule has 1 fully saturated rings. The molecule has 2 aromatic rings. The molecule has 4 rings (SSSR count). The highest BCUT2D eigenvalue weighted by atomic mass is 32.1. The molecule has 0 bridgehead atoms. The van der Waals surface area contributed by atoms with Crippen LogP contribution in [0.1, 0.15) is 54.9 Å². The van der Waals surface area contributed by atoms with Crippen molar-refractivity contribution in [3.63, 3.8) is 0 Å². The van der Waals surface area contributed by atoms with Gasteiger partial charge in [0, 0.05) is 4.88 Å². The Morgan fingerprint density at radius 1 is 1.20 bits per heavy atom. The van der Waals surface area contributed by atoms with E-state index in [4.69, 9.17) is 9.47 Å². The largest absolute Gasteiger partial charge is 0.492 e. The van der Waals surface area contributed by atoms with Crippen molar-refractivity contribution in [2.45, 2.75) is 53.0 Å². The van der Waals surface area contributed by atoms with E-state index in [1.54, 1.807) is 11.3 Å². The zero-order valence-electron chi connectivity index (χ0n) is 21.3. The van der Waals surface area contributed by atoms with Gasteiger partial charge in [-0.3, -0.25) is 4.79 Å². The van der Waals surface area contributed by atoms with E-state index in [9.17, 15) is 9.59 Å². The lowest BCUT2D eigenvalue weighted by molar-refractivity contribution is -0.914. The first kappa shape index (κ1) is 25.5. The van der Waals surface area contributed by atoms with Gasteiger partial charge in [-0.25, -0.2) is 4.79 Å². The van der Waals surface area contributed by atoms with Crippen LogP contribution in [0.25, 0.3) is 0 Å². The summed E-state index contributed by atoms with van der Waals surface area (Å²) in [4.78, 5) is 30.9. The number of nitrogens with one attached hydrogen (secondary N) is 2. The first-order valence-corrected chi connectivity index (χ1v) is 13.7. The number of amides is 1. The average Bonchev–Trinajstić information content (AvgIpc) is 3.21. The molecule has 0 saturated carbocycles. The van der Waals surface area contributed by atoms with Crippen LogP contribution in [0.15, 0.2) is 24.3 Å². The lowest BCUT2D eigenvalue weighted by Crippen LogP contribution is -3.19. The summed E-state index contributed by atoms with van der Waals surface area (Å²) in [6.07, 6.45) is 2.87. The molecule has 1 amide bonds. The van der Waals surface area contributed by atoms with E-state index in [0.29, 0.717) is 29.7 Å². The number of hydrogen-bond donors (Lipinski definition) is 2. The molecule has 2 atom stereocenters. The zero-order chi connectivity index (χ0) is 24.9. The van der Waals surface area contributed by atoms with Crippen LogP contribution in [0.4, 0.5) is 10.7 Å². The molecule has 2 heterocycles. The molecule has 190 valence electrons. The normalized spacial score (nSPS) is 19.1. The molecule has 8 heteroatoms. The van der Waals surface area contributed by atoms with Crippen LogP contribution >= 0.6 is 11.3 Å². The van der Waals surface area contributed by atoms with Gasteiger partial charge < -0.3 is 24.6 Å². The molecule has 1 aromatic carbocycles. The summed E-state index contributed by atoms with van der Waals surface area (Å²) in [7, 11) is 0. The second-order valence-electron chi connectivity index (χ2n) is 9.53.